The van der Waals surface area contributed by atoms with Gasteiger partial charge in [0.2, 0.25) is 0 Å². The van der Waals surface area contributed by atoms with Gasteiger partial charge in [0.25, 0.3) is 5.91 Å². The highest BCUT2D eigenvalue weighted by atomic mass is 16.1. The van der Waals surface area contributed by atoms with Crippen molar-refractivity contribution in [3.8, 4) is 0 Å². The van der Waals surface area contributed by atoms with E-state index in [-0.39, 0.29) is 5.91 Å². The number of pyridine rings is 1. The lowest BCUT2D eigenvalue weighted by Gasteiger charge is -2.00. The summed E-state index contributed by atoms with van der Waals surface area (Å²) in [6, 6.07) is 3.49. The zero-order chi connectivity index (χ0) is 10.8. The van der Waals surface area contributed by atoms with E-state index in [1.54, 1.807) is 19.2 Å². The van der Waals surface area contributed by atoms with Crippen molar-refractivity contribution < 1.29 is 4.79 Å². The minimum Gasteiger partial charge on any atom is -0.355 e. The first-order chi connectivity index (χ1) is 7.26. The molecular weight excluding hydrogens is 192 g/mol. The van der Waals surface area contributed by atoms with Gasteiger partial charge in [-0.05, 0) is 12.1 Å². The van der Waals surface area contributed by atoms with Crippen LogP contribution >= 0.6 is 0 Å². The van der Waals surface area contributed by atoms with Crippen LogP contribution in [0.4, 0.5) is 0 Å². The molecule has 0 atom stereocenters. The summed E-state index contributed by atoms with van der Waals surface area (Å²) >= 11 is 0. The van der Waals surface area contributed by atoms with Crippen LogP contribution in [0.2, 0.25) is 0 Å². The number of rotatable bonds is 2. The highest BCUT2D eigenvalue weighted by Crippen LogP contribution is 2.07. The molecule has 0 spiro atoms. The van der Waals surface area contributed by atoms with Crippen LogP contribution in [0.15, 0.2) is 18.3 Å². The average molecular weight is 204 g/mol. The maximum absolute atomic E-state index is 11.4. The second-order valence-electron chi connectivity index (χ2n) is 3.19. The first-order valence-electron chi connectivity index (χ1n) is 4.82. The SMILES string of the molecule is CCc1nnc2cc(C(=O)NC)ccn12. The molecule has 1 amide bonds. The van der Waals surface area contributed by atoms with Gasteiger partial charge in [0.15, 0.2) is 5.65 Å². The van der Waals surface area contributed by atoms with Gasteiger partial charge in [0, 0.05) is 25.2 Å². The lowest BCUT2D eigenvalue weighted by molar-refractivity contribution is 0.0963. The van der Waals surface area contributed by atoms with E-state index in [9.17, 15) is 4.79 Å². The molecule has 0 saturated carbocycles. The molecule has 0 radical (unpaired) electrons. The summed E-state index contributed by atoms with van der Waals surface area (Å²) < 4.78 is 1.88. The normalized spacial score (nSPS) is 10.5. The van der Waals surface area contributed by atoms with Crippen molar-refractivity contribution in [3.63, 3.8) is 0 Å². The number of nitrogens with one attached hydrogen (secondary N) is 1. The van der Waals surface area contributed by atoms with Gasteiger partial charge in [0.1, 0.15) is 5.82 Å². The van der Waals surface area contributed by atoms with Gasteiger partial charge in [-0.15, -0.1) is 10.2 Å². The van der Waals surface area contributed by atoms with Crippen molar-refractivity contribution in [1.82, 2.24) is 19.9 Å². The molecule has 0 saturated heterocycles. The summed E-state index contributed by atoms with van der Waals surface area (Å²) in [6.45, 7) is 2.02. The lowest BCUT2D eigenvalue weighted by Crippen LogP contribution is -2.17. The Labute approximate surface area is 87.1 Å². The van der Waals surface area contributed by atoms with E-state index >= 15 is 0 Å². The molecule has 0 bridgehead atoms. The van der Waals surface area contributed by atoms with Crippen LogP contribution in [0.5, 0.6) is 0 Å². The van der Waals surface area contributed by atoms with E-state index in [0.29, 0.717) is 11.2 Å². The molecule has 0 aliphatic carbocycles. The Balaban J connectivity index is 2.53. The van der Waals surface area contributed by atoms with Crippen molar-refractivity contribution in [2.45, 2.75) is 13.3 Å². The fourth-order valence-electron chi connectivity index (χ4n) is 1.47. The molecule has 0 aliphatic rings. The molecular formula is C10H12N4O. The van der Waals surface area contributed by atoms with Crippen LogP contribution in [0, 0.1) is 0 Å². The van der Waals surface area contributed by atoms with Crippen LogP contribution in [0.3, 0.4) is 0 Å². The second-order valence-corrected chi connectivity index (χ2v) is 3.19. The van der Waals surface area contributed by atoms with E-state index < -0.39 is 0 Å². The van der Waals surface area contributed by atoms with Gasteiger partial charge in [-0.1, -0.05) is 6.92 Å². The highest BCUT2D eigenvalue weighted by Gasteiger charge is 2.07. The van der Waals surface area contributed by atoms with Crippen molar-refractivity contribution in [2.24, 2.45) is 0 Å². The first-order valence-corrected chi connectivity index (χ1v) is 4.82. The summed E-state index contributed by atoms with van der Waals surface area (Å²) in [6.07, 6.45) is 2.64. The molecule has 5 heteroatoms. The predicted molar refractivity (Wildman–Crippen MR) is 55.8 cm³/mol. The van der Waals surface area contributed by atoms with Gasteiger partial charge in [-0.2, -0.15) is 0 Å². The maximum Gasteiger partial charge on any atom is 0.251 e. The smallest absolute Gasteiger partial charge is 0.251 e. The number of carbonyl (C=O) groups is 1. The van der Waals surface area contributed by atoms with Gasteiger partial charge in [-0.3, -0.25) is 9.20 Å². The molecule has 0 aromatic carbocycles. The second kappa shape index (κ2) is 3.68. The van der Waals surface area contributed by atoms with E-state index in [4.69, 9.17) is 0 Å². The summed E-state index contributed by atoms with van der Waals surface area (Å²) in [5, 5.41) is 10.6. The standard InChI is InChI=1S/C10H12N4O/c1-3-8-12-13-9-6-7(10(15)11-2)4-5-14(8)9/h4-6H,3H2,1-2H3,(H,11,15). The molecule has 2 aromatic rings. The first kappa shape index (κ1) is 9.64. The van der Waals surface area contributed by atoms with Gasteiger partial charge >= 0.3 is 0 Å². The fraction of sp³-hybridized carbons (Fsp3) is 0.300. The van der Waals surface area contributed by atoms with E-state index in [0.717, 1.165) is 12.2 Å². The number of aromatic nitrogens is 3. The van der Waals surface area contributed by atoms with Crippen molar-refractivity contribution in [3.05, 3.63) is 29.7 Å². The number of hydrogen-bond acceptors (Lipinski definition) is 3. The van der Waals surface area contributed by atoms with E-state index in [1.807, 2.05) is 17.5 Å². The minimum atomic E-state index is -0.112. The Morgan fingerprint density at radius 3 is 3.00 bits per heavy atom. The fourth-order valence-corrected chi connectivity index (χ4v) is 1.47. The molecule has 2 aromatic heterocycles. The van der Waals surface area contributed by atoms with Crippen LogP contribution in [0.1, 0.15) is 23.1 Å². The molecule has 78 valence electrons. The highest BCUT2D eigenvalue weighted by molar-refractivity contribution is 5.94. The number of amides is 1. The summed E-state index contributed by atoms with van der Waals surface area (Å²) in [4.78, 5) is 11.4. The Hall–Kier alpha value is -1.91. The zero-order valence-electron chi connectivity index (χ0n) is 8.69. The molecule has 0 unspecified atom stereocenters. The molecule has 2 rings (SSSR count). The predicted octanol–water partition coefficient (Wildman–Crippen LogP) is 0.651. The van der Waals surface area contributed by atoms with Gasteiger partial charge in [-0.25, -0.2) is 0 Å². The molecule has 1 N–H and O–H groups in total. The number of hydrogen-bond donors (Lipinski definition) is 1. The largest absolute Gasteiger partial charge is 0.355 e. The Bertz CT molecular complexity index is 503. The molecule has 2 heterocycles. The third-order valence-electron chi connectivity index (χ3n) is 2.29. The molecule has 15 heavy (non-hydrogen) atoms. The summed E-state index contributed by atoms with van der Waals surface area (Å²) in [5.41, 5.74) is 1.30. The topological polar surface area (TPSA) is 59.3 Å². The number of nitrogens with zero attached hydrogens (tertiary/aromatic N) is 3. The van der Waals surface area contributed by atoms with Gasteiger partial charge in [0.05, 0.1) is 0 Å². The molecule has 0 aliphatic heterocycles. The van der Waals surface area contributed by atoms with Crippen molar-refractivity contribution >= 4 is 11.6 Å². The average Bonchev–Trinajstić information content (AvgIpc) is 2.69. The van der Waals surface area contributed by atoms with Crippen molar-refractivity contribution in [2.75, 3.05) is 7.05 Å². The van der Waals surface area contributed by atoms with Gasteiger partial charge < -0.3 is 5.32 Å². The third-order valence-corrected chi connectivity index (χ3v) is 2.29. The Morgan fingerprint density at radius 2 is 2.33 bits per heavy atom. The monoisotopic (exact) mass is 204 g/mol. The van der Waals surface area contributed by atoms with Crippen molar-refractivity contribution in [1.29, 1.82) is 0 Å². The number of aryl methyl sites for hydroxylation is 1. The quantitative estimate of drug-likeness (QED) is 0.781. The van der Waals surface area contributed by atoms with Crippen LogP contribution in [0.25, 0.3) is 5.65 Å². The van der Waals surface area contributed by atoms with Crippen LogP contribution in [-0.4, -0.2) is 27.6 Å². The zero-order valence-corrected chi connectivity index (χ0v) is 8.69. The molecule has 0 fully saturated rings. The molecule has 5 nitrogen and oxygen atoms in total. The van der Waals surface area contributed by atoms with E-state index in [2.05, 4.69) is 15.5 Å². The van der Waals surface area contributed by atoms with E-state index in [1.165, 1.54) is 0 Å². The minimum absolute atomic E-state index is 0.112. The third kappa shape index (κ3) is 1.56. The van der Waals surface area contributed by atoms with Crippen LogP contribution < -0.4 is 5.32 Å². The lowest BCUT2D eigenvalue weighted by atomic mass is 10.2. The Morgan fingerprint density at radius 1 is 1.53 bits per heavy atom. The Kier molecular flexibility index (Phi) is 2.37. The maximum atomic E-state index is 11.4. The summed E-state index contributed by atoms with van der Waals surface area (Å²) in [5.74, 6) is 0.784. The number of fused-ring (bicyclic) bond motifs is 1. The van der Waals surface area contributed by atoms with Crippen LogP contribution in [-0.2, 0) is 6.42 Å². The summed E-state index contributed by atoms with van der Waals surface area (Å²) in [7, 11) is 1.60. The number of carbonyl (C=O) groups excluding carboxylic acids is 1.